The van der Waals surface area contributed by atoms with Crippen LogP contribution >= 0.6 is 0 Å². The molecular formula is C23H24F2N2O6. The molecule has 0 bridgehead atoms. The van der Waals surface area contributed by atoms with Gasteiger partial charge in [-0.05, 0) is 22.3 Å². The summed E-state index contributed by atoms with van der Waals surface area (Å²) in [6.45, 7) is -0.378. The van der Waals surface area contributed by atoms with Crippen molar-refractivity contribution in [3.05, 3.63) is 59.7 Å². The topological polar surface area (TPSA) is 114 Å². The van der Waals surface area contributed by atoms with Crippen LogP contribution in [0.4, 0.5) is 13.6 Å². The van der Waals surface area contributed by atoms with Crippen LogP contribution in [0.2, 0.25) is 0 Å². The highest BCUT2D eigenvalue weighted by atomic mass is 19.3. The number of hydrogen-bond acceptors (Lipinski definition) is 5. The van der Waals surface area contributed by atoms with Crippen LogP contribution in [0, 0.1) is 0 Å². The van der Waals surface area contributed by atoms with E-state index in [1.54, 1.807) is 0 Å². The van der Waals surface area contributed by atoms with Crippen LogP contribution in [-0.2, 0) is 19.1 Å². The van der Waals surface area contributed by atoms with Crippen molar-refractivity contribution >= 4 is 18.0 Å². The lowest BCUT2D eigenvalue weighted by Gasteiger charge is -2.15. The van der Waals surface area contributed by atoms with Gasteiger partial charge in [0.1, 0.15) is 19.3 Å². The Morgan fingerprint density at radius 1 is 1.00 bits per heavy atom. The van der Waals surface area contributed by atoms with Crippen LogP contribution in [0.25, 0.3) is 11.1 Å². The molecule has 0 radical (unpaired) electrons. The fourth-order valence-corrected chi connectivity index (χ4v) is 3.68. The van der Waals surface area contributed by atoms with Crippen LogP contribution < -0.4 is 10.6 Å². The van der Waals surface area contributed by atoms with E-state index in [0.29, 0.717) is 0 Å². The van der Waals surface area contributed by atoms with E-state index < -0.39 is 43.5 Å². The molecule has 0 spiro atoms. The zero-order chi connectivity index (χ0) is 23.8. The molecule has 176 valence electrons. The van der Waals surface area contributed by atoms with Gasteiger partial charge in [0.15, 0.2) is 0 Å². The predicted molar refractivity (Wildman–Crippen MR) is 114 cm³/mol. The van der Waals surface area contributed by atoms with E-state index in [1.165, 1.54) is 0 Å². The standard InChI is InChI=1S/C23H24F2N2O6/c24-20(25)11-19(22(29)30)27-21(28)13-32-10-9-26-23(31)33-12-18-16-7-3-1-5-14(16)15-6-2-4-8-17(15)18/h1-8,18-20H,9-13H2,(H,26,31)(H,27,28)(H,29,30). The average Bonchev–Trinajstić information content (AvgIpc) is 3.10. The summed E-state index contributed by atoms with van der Waals surface area (Å²) in [6, 6.07) is 14.2. The molecule has 0 heterocycles. The maximum atomic E-state index is 12.3. The van der Waals surface area contributed by atoms with Crippen LogP contribution in [0.1, 0.15) is 23.5 Å². The van der Waals surface area contributed by atoms with Gasteiger partial charge in [0, 0.05) is 18.9 Å². The van der Waals surface area contributed by atoms with E-state index in [2.05, 4.69) is 5.32 Å². The van der Waals surface area contributed by atoms with Crippen molar-refractivity contribution in [2.45, 2.75) is 24.8 Å². The van der Waals surface area contributed by atoms with E-state index in [9.17, 15) is 23.2 Å². The van der Waals surface area contributed by atoms with Gasteiger partial charge in [0.05, 0.1) is 6.61 Å². The second kappa shape index (κ2) is 11.4. The monoisotopic (exact) mass is 462 g/mol. The van der Waals surface area contributed by atoms with Crippen molar-refractivity contribution in [3.63, 3.8) is 0 Å². The van der Waals surface area contributed by atoms with E-state index in [-0.39, 0.29) is 25.7 Å². The Morgan fingerprint density at radius 3 is 2.18 bits per heavy atom. The first-order valence-corrected chi connectivity index (χ1v) is 10.3. The summed E-state index contributed by atoms with van der Waals surface area (Å²) in [7, 11) is 0. The minimum atomic E-state index is -2.87. The molecule has 1 aliphatic carbocycles. The van der Waals surface area contributed by atoms with Gasteiger partial charge >= 0.3 is 12.1 Å². The molecule has 3 rings (SSSR count). The summed E-state index contributed by atoms with van der Waals surface area (Å²) in [5.41, 5.74) is 4.42. The number of benzene rings is 2. The molecule has 3 N–H and O–H groups in total. The molecule has 0 saturated carbocycles. The lowest BCUT2D eigenvalue weighted by atomic mass is 9.98. The zero-order valence-corrected chi connectivity index (χ0v) is 17.6. The summed E-state index contributed by atoms with van der Waals surface area (Å²) in [4.78, 5) is 34.5. The number of alkyl carbamates (subject to hydrolysis) is 1. The summed E-state index contributed by atoms with van der Waals surface area (Å²) in [5, 5.41) is 13.3. The fourth-order valence-electron chi connectivity index (χ4n) is 3.68. The molecule has 2 amide bonds. The van der Waals surface area contributed by atoms with Crippen molar-refractivity contribution < 1.29 is 37.7 Å². The van der Waals surface area contributed by atoms with Crippen molar-refractivity contribution in [2.75, 3.05) is 26.4 Å². The Hall–Kier alpha value is -3.53. The van der Waals surface area contributed by atoms with Gasteiger partial charge in [0.2, 0.25) is 12.3 Å². The fraction of sp³-hybridized carbons (Fsp3) is 0.348. The quantitative estimate of drug-likeness (QED) is 0.443. The minimum Gasteiger partial charge on any atom is -0.480 e. The Kier molecular flexibility index (Phi) is 8.31. The third kappa shape index (κ3) is 6.48. The number of nitrogens with one attached hydrogen (secondary N) is 2. The number of halogens is 2. The third-order valence-electron chi connectivity index (χ3n) is 5.14. The molecule has 10 heteroatoms. The lowest BCUT2D eigenvalue weighted by Crippen LogP contribution is -2.43. The molecule has 1 unspecified atom stereocenters. The highest BCUT2D eigenvalue weighted by molar-refractivity contribution is 5.84. The van der Waals surface area contributed by atoms with Crippen molar-refractivity contribution in [1.29, 1.82) is 0 Å². The van der Waals surface area contributed by atoms with Gasteiger partial charge in [-0.1, -0.05) is 48.5 Å². The molecule has 1 aliphatic rings. The molecule has 0 aliphatic heterocycles. The number of carboxylic acids is 1. The number of ether oxygens (including phenoxy) is 2. The van der Waals surface area contributed by atoms with Crippen molar-refractivity contribution in [3.8, 4) is 11.1 Å². The average molecular weight is 462 g/mol. The maximum absolute atomic E-state index is 12.3. The minimum absolute atomic E-state index is 0.0450. The van der Waals surface area contributed by atoms with E-state index in [4.69, 9.17) is 14.6 Å². The highest BCUT2D eigenvalue weighted by Gasteiger charge is 2.29. The number of hydrogen-bond donors (Lipinski definition) is 3. The van der Waals surface area contributed by atoms with Crippen LogP contribution in [0.5, 0.6) is 0 Å². The van der Waals surface area contributed by atoms with Gasteiger partial charge in [-0.15, -0.1) is 0 Å². The summed E-state index contributed by atoms with van der Waals surface area (Å²) in [5.74, 6) is -2.47. The first-order valence-electron chi connectivity index (χ1n) is 10.3. The Bertz CT molecular complexity index is 955. The Balaban J connectivity index is 1.37. The summed E-state index contributed by atoms with van der Waals surface area (Å²) in [6.07, 6.45) is -4.51. The van der Waals surface area contributed by atoms with Gasteiger partial charge in [-0.25, -0.2) is 18.4 Å². The summed E-state index contributed by atoms with van der Waals surface area (Å²) >= 11 is 0. The summed E-state index contributed by atoms with van der Waals surface area (Å²) < 4.78 is 35.1. The van der Waals surface area contributed by atoms with Gasteiger partial charge in [-0.3, -0.25) is 4.79 Å². The Labute approximate surface area is 188 Å². The van der Waals surface area contributed by atoms with Crippen LogP contribution in [0.3, 0.4) is 0 Å². The number of carbonyl (C=O) groups excluding carboxylic acids is 2. The molecule has 0 saturated heterocycles. The van der Waals surface area contributed by atoms with Crippen LogP contribution in [0.15, 0.2) is 48.5 Å². The first kappa shape index (κ1) is 24.1. The van der Waals surface area contributed by atoms with Crippen molar-refractivity contribution in [2.24, 2.45) is 0 Å². The second-order valence-corrected chi connectivity index (χ2v) is 7.39. The number of carboxylic acid groups (broad SMARTS) is 1. The van der Waals surface area contributed by atoms with Crippen LogP contribution in [-0.4, -0.2) is 61.9 Å². The normalized spacial score (nSPS) is 13.2. The number of carbonyl (C=O) groups is 3. The highest BCUT2D eigenvalue weighted by Crippen LogP contribution is 2.44. The largest absolute Gasteiger partial charge is 0.480 e. The molecule has 2 aromatic rings. The number of fused-ring (bicyclic) bond motifs is 3. The number of rotatable bonds is 11. The molecule has 1 atom stereocenters. The van der Waals surface area contributed by atoms with E-state index in [0.717, 1.165) is 22.3 Å². The molecule has 0 aromatic heterocycles. The number of amides is 2. The van der Waals surface area contributed by atoms with Gasteiger partial charge < -0.3 is 25.2 Å². The van der Waals surface area contributed by atoms with E-state index >= 15 is 0 Å². The third-order valence-corrected chi connectivity index (χ3v) is 5.14. The molecular weight excluding hydrogens is 438 g/mol. The SMILES string of the molecule is O=C(COCCNC(=O)OCC1c2ccccc2-c2ccccc21)NC(CC(F)F)C(=O)O. The first-order chi connectivity index (χ1) is 15.9. The Morgan fingerprint density at radius 2 is 1.61 bits per heavy atom. The van der Waals surface area contributed by atoms with Crippen molar-refractivity contribution in [1.82, 2.24) is 10.6 Å². The zero-order valence-electron chi connectivity index (χ0n) is 17.6. The molecule has 2 aromatic carbocycles. The van der Waals surface area contributed by atoms with E-state index in [1.807, 2.05) is 53.8 Å². The number of alkyl halides is 2. The lowest BCUT2D eigenvalue weighted by molar-refractivity contribution is -0.143. The molecule has 8 nitrogen and oxygen atoms in total. The molecule has 0 fully saturated rings. The smallest absolute Gasteiger partial charge is 0.407 e. The maximum Gasteiger partial charge on any atom is 0.407 e. The van der Waals surface area contributed by atoms with Gasteiger partial charge in [0.25, 0.3) is 0 Å². The molecule has 33 heavy (non-hydrogen) atoms. The number of aliphatic carboxylic acids is 1. The predicted octanol–water partition coefficient (Wildman–Crippen LogP) is 2.77. The second-order valence-electron chi connectivity index (χ2n) is 7.39. The van der Waals surface area contributed by atoms with Gasteiger partial charge in [-0.2, -0.15) is 0 Å².